The number of rotatable bonds is 1. The molecular weight excluding hydrogens is 228 g/mol. The molecule has 2 aliphatic rings. The molecule has 0 unspecified atom stereocenters. The molecule has 98 valence electrons. The highest BCUT2D eigenvalue weighted by atomic mass is 16.5. The number of hydrogen-bond acceptors (Lipinski definition) is 3. The average molecular weight is 248 g/mol. The maximum atomic E-state index is 6.21. The summed E-state index contributed by atoms with van der Waals surface area (Å²) in [7, 11) is 1.68. The second-order valence-corrected chi connectivity index (χ2v) is 5.62. The molecule has 2 aliphatic heterocycles. The van der Waals surface area contributed by atoms with Gasteiger partial charge in [-0.1, -0.05) is 12.1 Å². The molecule has 1 saturated heterocycles. The van der Waals surface area contributed by atoms with Gasteiger partial charge in [-0.25, -0.2) is 0 Å². The van der Waals surface area contributed by atoms with E-state index in [1.807, 2.05) is 12.1 Å². The fraction of sp³-hybridized carbons (Fsp3) is 0.600. The lowest BCUT2D eigenvalue weighted by Crippen LogP contribution is -2.47. The van der Waals surface area contributed by atoms with E-state index in [0.717, 1.165) is 36.5 Å². The topological polar surface area (TPSA) is 27.7 Å². The third-order valence-electron chi connectivity index (χ3n) is 4.12. The standard InChI is InChI=1S/C15H20O3/c1-15(2)11-7-5-9-17-13(11)10-6-4-8-12(16-3)14(10)18-15/h4,6,8,11,13H,5,7,9H2,1-3H3/t11-,13+/m1/s1. The van der Waals surface area contributed by atoms with Crippen molar-refractivity contribution in [1.82, 2.24) is 0 Å². The van der Waals surface area contributed by atoms with Crippen LogP contribution in [0.2, 0.25) is 0 Å². The highest BCUT2D eigenvalue weighted by Crippen LogP contribution is 2.52. The number of fused-ring (bicyclic) bond motifs is 3. The van der Waals surface area contributed by atoms with Gasteiger partial charge >= 0.3 is 0 Å². The SMILES string of the molecule is COc1cccc2c1OC(C)(C)[C@@H]1CCCO[C@@H]21. The van der Waals surface area contributed by atoms with Crippen LogP contribution >= 0.6 is 0 Å². The minimum atomic E-state index is -0.202. The fourth-order valence-electron chi connectivity index (χ4n) is 3.17. The van der Waals surface area contributed by atoms with Gasteiger partial charge in [-0.05, 0) is 32.8 Å². The zero-order chi connectivity index (χ0) is 12.8. The van der Waals surface area contributed by atoms with Crippen molar-refractivity contribution >= 4 is 0 Å². The van der Waals surface area contributed by atoms with Gasteiger partial charge in [-0.15, -0.1) is 0 Å². The van der Waals surface area contributed by atoms with Gasteiger partial charge in [0.1, 0.15) is 5.60 Å². The predicted molar refractivity (Wildman–Crippen MR) is 69.1 cm³/mol. The fourth-order valence-corrected chi connectivity index (χ4v) is 3.17. The van der Waals surface area contributed by atoms with Crippen LogP contribution in [0.15, 0.2) is 18.2 Å². The zero-order valence-electron chi connectivity index (χ0n) is 11.2. The lowest BCUT2D eigenvalue weighted by Gasteiger charge is -2.47. The molecular formula is C15H20O3. The number of benzene rings is 1. The molecule has 3 heteroatoms. The maximum Gasteiger partial charge on any atom is 0.167 e. The van der Waals surface area contributed by atoms with Crippen LogP contribution < -0.4 is 9.47 Å². The molecule has 0 N–H and O–H groups in total. The Morgan fingerprint density at radius 3 is 2.94 bits per heavy atom. The summed E-state index contributed by atoms with van der Waals surface area (Å²) < 4.78 is 17.6. The summed E-state index contributed by atoms with van der Waals surface area (Å²) in [5.41, 5.74) is 0.936. The van der Waals surface area contributed by atoms with Crippen LogP contribution in [0.4, 0.5) is 0 Å². The lowest BCUT2D eigenvalue weighted by molar-refractivity contribution is -0.117. The molecule has 0 spiro atoms. The first-order valence-corrected chi connectivity index (χ1v) is 6.61. The maximum absolute atomic E-state index is 6.21. The third-order valence-corrected chi connectivity index (χ3v) is 4.12. The van der Waals surface area contributed by atoms with Gasteiger partial charge in [-0.3, -0.25) is 0 Å². The van der Waals surface area contributed by atoms with Gasteiger partial charge < -0.3 is 14.2 Å². The Morgan fingerprint density at radius 2 is 2.17 bits per heavy atom. The van der Waals surface area contributed by atoms with Crippen molar-refractivity contribution in [2.45, 2.75) is 38.4 Å². The molecule has 2 atom stereocenters. The van der Waals surface area contributed by atoms with Crippen molar-refractivity contribution in [2.75, 3.05) is 13.7 Å². The van der Waals surface area contributed by atoms with Crippen molar-refractivity contribution in [3.05, 3.63) is 23.8 Å². The smallest absolute Gasteiger partial charge is 0.167 e. The van der Waals surface area contributed by atoms with Gasteiger partial charge in [0.2, 0.25) is 0 Å². The average Bonchev–Trinajstić information content (AvgIpc) is 2.38. The Balaban J connectivity index is 2.10. The first-order chi connectivity index (χ1) is 8.63. The zero-order valence-corrected chi connectivity index (χ0v) is 11.2. The van der Waals surface area contributed by atoms with E-state index in [-0.39, 0.29) is 11.7 Å². The quantitative estimate of drug-likeness (QED) is 0.763. The monoisotopic (exact) mass is 248 g/mol. The molecule has 3 nitrogen and oxygen atoms in total. The minimum absolute atomic E-state index is 0.146. The molecule has 0 amide bonds. The summed E-state index contributed by atoms with van der Waals surface area (Å²) in [6.45, 7) is 5.14. The Bertz CT molecular complexity index is 453. The van der Waals surface area contributed by atoms with Crippen LogP contribution in [0.5, 0.6) is 11.5 Å². The van der Waals surface area contributed by atoms with Crippen molar-refractivity contribution in [1.29, 1.82) is 0 Å². The molecule has 0 saturated carbocycles. The van der Waals surface area contributed by atoms with Crippen LogP contribution in [0, 0.1) is 5.92 Å². The number of hydrogen-bond donors (Lipinski definition) is 0. The Kier molecular flexibility index (Phi) is 2.74. The van der Waals surface area contributed by atoms with E-state index in [0.29, 0.717) is 5.92 Å². The van der Waals surface area contributed by atoms with Gasteiger partial charge in [0, 0.05) is 18.1 Å². The number of methoxy groups -OCH3 is 1. The van der Waals surface area contributed by atoms with Crippen LogP contribution in [0.1, 0.15) is 38.4 Å². The van der Waals surface area contributed by atoms with E-state index in [4.69, 9.17) is 14.2 Å². The highest BCUT2D eigenvalue weighted by Gasteiger charge is 2.46. The summed E-state index contributed by atoms with van der Waals surface area (Å²) in [5, 5.41) is 0. The summed E-state index contributed by atoms with van der Waals surface area (Å²) in [4.78, 5) is 0. The van der Waals surface area contributed by atoms with Crippen LogP contribution in [0.3, 0.4) is 0 Å². The van der Waals surface area contributed by atoms with Gasteiger partial charge in [0.15, 0.2) is 11.5 Å². The first-order valence-electron chi connectivity index (χ1n) is 6.61. The van der Waals surface area contributed by atoms with E-state index >= 15 is 0 Å². The van der Waals surface area contributed by atoms with Crippen molar-refractivity contribution < 1.29 is 14.2 Å². The van der Waals surface area contributed by atoms with E-state index < -0.39 is 0 Å². The molecule has 1 fully saturated rings. The van der Waals surface area contributed by atoms with Crippen molar-refractivity contribution in [3.8, 4) is 11.5 Å². The third kappa shape index (κ3) is 1.69. The Hall–Kier alpha value is -1.22. The van der Waals surface area contributed by atoms with Gasteiger partial charge in [0.25, 0.3) is 0 Å². The molecule has 0 bridgehead atoms. The second-order valence-electron chi connectivity index (χ2n) is 5.62. The Morgan fingerprint density at radius 1 is 1.33 bits per heavy atom. The molecule has 1 aromatic carbocycles. The molecule has 0 aromatic heterocycles. The van der Waals surface area contributed by atoms with E-state index in [1.165, 1.54) is 0 Å². The largest absolute Gasteiger partial charge is 0.493 e. The van der Waals surface area contributed by atoms with E-state index in [9.17, 15) is 0 Å². The van der Waals surface area contributed by atoms with E-state index in [2.05, 4.69) is 19.9 Å². The van der Waals surface area contributed by atoms with Crippen molar-refractivity contribution in [2.24, 2.45) is 5.92 Å². The molecule has 0 aliphatic carbocycles. The molecule has 2 heterocycles. The summed E-state index contributed by atoms with van der Waals surface area (Å²) in [5.74, 6) is 2.08. The summed E-state index contributed by atoms with van der Waals surface area (Å²) in [6.07, 6.45) is 2.43. The first kappa shape index (κ1) is 11.8. The van der Waals surface area contributed by atoms with E-state index in [1.54, 1.807) is 7.11 Å². The predicted octanol–water partition coefficient (Wildman–Crippen LogP) is 3.33. The molecule has 0 radical (unpaired) electrons. The lowest BCUT2D eigenvalue weighted by atomic mass is 9.76. The number of para-hydroxylation sites is 1. The molecule has 18 heavy (non-hydrogen) atoms. The van der Waals surface area contributed by atoms with Gasteiger partial charge in [0.05, 0.1) is 13.2 Å². The molecule has 3 rings (SSSR count). The second kappa shape index (κ2) is 4.16. The normalized spacial score (nSPS) is 28.8. The van der Waals surface area contributed by atoms with Crippen LogP contribution in [-0.4, -0.2) is 19.3 Å². The van der Waals surface area contributed by atoms with Gasteiger partial charge in [-0.2, -0.15) is 0 Å². The number of ether oxygens (including phenoxy) is 3. The van der Waals surface area contributed by atoms with Crippen molar-refractivity contribution in [3.63, 3.8) is 0 Å². The summed E-state index contributed by atoms with van der Waals surface area (Å²) >= 11 is 0. The highest BCUT2D eigenvalue weighted by molar-refractivity contribution is 5.50. The van der Waals surface area contributed by atoms with Crippen LogP contribution in [-0.2, 0) is 4.74 Å². The molecule has 1 aromatic rings. The summed E-state index contributed by atoms with van der Waals surface area (Å²) in [6, 6.07) is 6.04. The van der Waals surface area contributed by atoms with Crippen LogP contribution in [0.25, 0.3) is 0 Å². The Labute approximate surface area is 108 Å². The minimum Gasteiger partial charge on any atom is -0.493 e.